The van der Waals surface area contributed by atoms with E-state index in [2.05, 4.69) is 20.3 Å². The van der Waals surface area contributed by atoms with Crippen molar-refractivity contribution in [1.82, 2.24) is 25.0 Å². The van der Waals surface area contributed by atoms with E-state index in [1.165, 1.54) is 27.5 Å². The van der Waals surface area contributed by atoms with Crippen molar-refractivity contribution in [3.8, 4) is 34.5 Å². The van der Waals surface area contributed by atoms with E-state index in [1.807, 2.05) is 6.07 Å². The molecule has 0 saturated heterocycles. The molecule has 0 aliphatic heterocycles. The average Bonchev–Trinajstić information content (AvgIpc) is 3.49. The minimum Gasteiger partial charge on any atom is -0.493 e. The Labute approximate surface area is 188 Å². The van der Waals surface area contributed by atoms with Crippen molar-refractivity contribution in [2.24, 2.45) is 0 Å². The van der Waals surface area contributed by atoms with Crippen molar-refractivity contribution in [3.63, 3.8) is 0 Å². The van der Waals surface area contributed by atoms with Crippen LogP contribution in [0.5, 0.6) is 17.2 Å². The highest BCUT2D eigenvalue weighted by molar-refractivity contribution is 5.90. The van der Waals surface area contributed by atoms with E-state index in [9.17, 15) is 4.79 Å². The zero-order valence-corrected chi connectivity index (χ0v) is 18.4. The molecule has 0 spiro atoms. The molecule has 170 valence electrons. The molecule has 0 amide bonds. The van der Waals surface area contributed by atoms with Gasteiger partial charge in [-0.25, -0.2) is 14.5 Å². The van der Waals surface area contributed by atoms with Gasteiger partial charge >= 0.3 is 5.97 Å². The van der Waals surface area contributed by atoms with E-state index < -0.39 is 5.97 Å². The number of carbonyl (C=O) groups is 1. The molecule has 0 atom stereocenters. The van der Waals surface area contributed by atoms with Gasteiger partial charge in [0.2, 0.25) is 11.6 Å². The first-order valence-electron chi connectivity index (χ1n) is 9.81. The fraction of sp³-hybridized carbons (Fsp3) is 0.227. The highest BCUT2D eigenvalue weighted by Gasteiger charge is 2.20. The molecule has 0 unspecified atom stereocenters. The van der Waals surface area contributed by atoms with Gasteiger partial charge in [0, 0.05) is 11.8 Å². The molecule has 0 N–H and O–H groups in total. The van der Waals surface area contributed by atoms with E-state index in [-0.39, 0.29) is 18.4 Å². The Morgan fingerprint density at radius 3 is 2.45 bits per heavy atom. The van der Waals surface area contributed by atoms with Gasteiger partial charge in [-0.3, -0.25) is 0 Å². The third kappa shape index (κ3) is 4.33. The summed E-state index contributed by atoms with van der Waals surface area (Å²) in [5.74, 6) is 1.69. The SMILES string of the molecule is COc1cc(-c2nnc(COC(=O)c3cnn(-c4ccccn4)c3C)o2)cc(OC)c1OC. The van der Waals surface area contributed by atoms with E-state index >= 15 is 0 Å². The van der Waals surface area contributed by atoms with Crippen LogP contribution in [0, 0.1) is 6.92 Å². The molecule has 0 radical (unpaired) electrons. The molecule has 4 rings (SSSR count). The van der Waals surface area contributed by atoms with Crippen molar-refractivity contribution in [2.75, 3.05) is 21.3 Å². The molecular formula is C22H21N5O6. The summed E-state index contributed by atoms with van der Waals surface area (Å²) in [4.78, 5) is 16.8. The van der Waals surface area contributed by atoms with Crippen LogP contribution in [0.25, 0.3) is 17.3 Å². The predicted molar refractivity (Wildman–Crippen MR) is 115 cm³/mol. The molecule has 3 aromatic heterocycles. The molecule has 1 aromatic carbocycles. The Bertz CT molecular complexity index is 1240. The van der Waals surface area contributed by atoms with Crippen LogP contribution in [0.4, 0.5) is 0 Å². The Balaban J connectivity index is 1.48. The van der Waals surface area contributed by atoms with Gasteiger partial charge in [0.1, 0.15) is 5.56 Å². The molecule has 0 bridgehead atoms. The van der Waals surface area contributed by atoms with Crippen LogP contribution in [0.15, 0.2) is 47.1 Å². The molecule has 11 heteroatoms. The maximum atomic E-state index is 12.6. The number of rotatable bonds is 8. The molecule has 11 nitrogen and oxygen atoms in total. The summed E-state index contributed by atoms with van der Waals surface area (Å²) in [6.07, 6.45) is 3.08. The molecule has 0 aliphatic rings. The fourth-order valence-corrected chi connectivity index (χ4v) is 3.16. The first kappa shape index (κ1) is 21.8. The third-order valence-electron chi connectivity index (χ3n) is 4.80. The Hall–Kier alpha value is -4.41. The summed E-state index contributed by atoms with van der Waals surface area (Å²) in [7, 11) is 4.54. The second-order valence-electron chi connectivity index (χ2n) is 6.73. The van der Waals surface area contributed by atoms with Gasteiger partial charge in [0.25, 0.3) is 5.89 Å². The number of hydrogen-bond acceptors (Lipinski definition) is 10. The van der Waals surface area contributed by atoms with Crippen LogP contribution >= 0.6 is 0 Å². The predicted octanol–water partition coefficient (Wildman–Crippen LogP) is 3.01. The number of methoxy groups -OCH3 is 3. The highest BCUT2D eigenvalue weighted by atomic mass is 16.5. The standard InChI is InChI=1S/C22H21N5O6/c1-13-15(11-24-27(13)18-7-5-6-8-23-18)22(28)32-12-19-25-26-21(33-19)14-9-16(29-2)20(31-4)17(10-14)30-3/h5-11H,12H2,1-4H3. The molecule has 0 aliphatic carbocycles. The summed E-state index contributed by atoms with van der Waals surface area (Å²) in [5, 5.41) is 12.2. The van der Waals surface area contributed by atoms with Crippen LogP contribution in [0.1, 0.15) is 21.9 Å². The van der Waals surface area contributed by atoms with Gasteiger partial charge in [-0.05, 0) is 31.2 Å². The van der Waals surface area contributed by atoms with Crippen LogP contribution < -0.4 is 14.2 Å². The van der Waals surface area contributed by atoms with Gasteiger partial charge < -0.3 is 23.4 Å². The van der Waals surface area contributed by atoms with E-state index in [0.717, 1.165) is 0 Å². The Morgan fingerprint density at radius 2 is 1.82 bits per heavy atom. The lowest BCUT2D eigenvalue weighted by Gasteiger charge is -2.12. The number of pyridine rings is 1. The Morgan fingerprint density at radius 1 is 1.06 bits per heavy atom. The maximum absolute atomic E-state index is 12.6. The second-order valence-corrected chi connectivity index (χ2v) is 6.73. The number of benzene rings is 1. The largest absolute Gasteiger partial charge is 0.493 e. The molecule has 4 aromatic rings. The van der Waals surface area contributed by atoms with E-state index in [4.69, 9.17) is 23.4 Å². The summed E-state index contributed by atoms with van der Waals surface area (Å²) in [6.45, 7) is 1.55. The number of carbonyl (C=O) groups excluding carboxylic acids is 1. The second kappa shape index (κ2) is 9.39. The van der Waals surface area contributed by atoms with Gasteiger partial charge in [0.15, 0.2) is 23.9 Å². The molecular weight excluding hydrogens is 430 g/mol. The first-order chi connectivity index (χ1) is 16.0. The number of ether oxygens (including phenoxy) is 4. The number of esters is 1. The van der Waals surface area contributed by atoms with Crippen LogP contribution in [0.3, 0.4) is 0 Å². The number of hydrogen-bond donors (Lipinski definition) is 0. The molecule has 3 heterocycles. The van der Waals surface area contributed by atoms with Crippen LogP contribution in [-0.4, -0.2) is 52.3 Å². The Kier molecular flexibility index (Phi) is 6.20. The summed E-state index contributed by atoms with van der Waals surface area (Å²) in [6, 6.07) is 8.79. The monoisotopic (exact) mass is 451 g/mol. The van der Waals surface area contributed by atoms with E-state index in [1.54, 1.807) is 42.1 Å². The number of aromatic nitrogens is 5. The van der Waals surface area contributed by atoms with Gasteiger partial charge in [0.05, 0.1) is 33.2 Å². The van der Waals surface area contributed by atoms with Crippen LogP contribution in [-0.2, 0) is 11.3 Å². The lowest BCUT2D eigenvalue weighted by Crippen LogP contribution is -2.08. The quantitative estimate of drug-likeness (QED) is 0.369. The van der Waals surface area contributed by atoms with Crippen molar-refractivity contribution >= 4 is 5.97 Å². The van der Waals surface area contributed by atoms with Crippen molar-refractivity contribution in [1.29, 1.82) is 0 Å². The fourth-order valence-electron chi connectivity index (χ4n) is 3.16. The normalized spacial score (nSPS) is 10.7. The summed E-state index contributed by atoms with van der Waals surface area (Å²) >= 11 is 0. The highest BCUT2D eigenvalue weighted by Crippen LogP contribution is 2.40. The smallest absolute Gasteiger partial charge is 0.342 e. The molecule has 0 saturated carbocycles. The topological polar surface area (TPSA) is 124 Å². The van der Waals surface area contributed by atoms with Crippen molar-refractivity contribution < 1.29 is 28.2 Å². The minimum absolute atomic E-state index is 0.127. The number of nitrogens with zero attached hydrogens (tertiary/aromatic N) is 5. The lowest BCUT2D eigenvalue weighted by atomic mass is 10.2. The van der Waals surface area contributed by atoms with Crippen LogP contribution in [0.2, 0.25) is 0 Å². The van der Waals surface area contributed by atoms with Crippen molar-refractivity contribution in [2.45, 2.75) is 13.5 Å². The van der Waals surface area contributed by atoms with Gasteiger partial charge in [-0.1, -0.05) is 6.07 Å². The molecule has 33 heavy (non-hydrogen) atoms. The zero-order valence-electron chi connectivity index (χ0n) is 18.4. The van der Waals surface area contributed by atoms with Gasteiger partial charge in [-0.15, -0.1) is 10.2 Å². The first-order valence-corrected chi connectivity index (χ1v) is 9.81. The summed E-state index contributed by atoms with van der Waals surface area (Å²) in [5.41, 5.74) is 1.47. The lowest BCUT2D eigenvalue weighted by molar-refractivity contribution is 0.0438. The molecule has 0 fully saturated rings. The third-order valence-corrected chi connectivity index (χ3v) is 4.80. The zero-order chi connectivity index (χ0) is 23.4. The maximum Gasteiger partial charge on any atom is 0.342 e. The average molecular weight is 451 g/mol. The van der Waals surface area contributed by atoms with Gasteiger partial charge in [-0.2, -0.15) is 5.10 Å². The summed E-state index contributed by atoms with van der Waals surface area (Å²) < 4.78 is 28.6. The van der Waals surface area contributed by atoms with Crippen molar-refractivity contribution in [3.05, 3.63) is 59.9 Å². The minimum atomic E-state index is -0.567. The van der Waals surface area contributed by atoms with E-state index in [0.29, 0.717) is 39.9 Å².